The monoisotopic (exact) mass is 493 g/mol. The Morgan fingerprint density at radius 3 is 2.43 bits per heavy atom. The van der Waals surface area contributed by atoms with Gasteiger partial charge in [-0.15, -0.1) is 0 Å². The lowest BCUT2D eigenvalue weighted by Crippen LogP contribution is -2.35. The fraction of sp³-hybridized carbons (Fsp3) is 0.160. The number of methoxy groups -OCH3 is 1. The number of hydrogen-bond donors (Lipinski definition) is 1. The number of nitrogens with one attached hydrogen (secondary N) is 1. The smallest absolute Gasteiger partial charge is 0.338 e. The average Bonchev–Trinajstić information content (AvgIpc) is 2.88. The standard InChI is InChI=1S/C25H23N3O6S/c1-33-23-14-6-5-13-22(23)27-35(31,32)21-12-7-9-19(17-21)25(30)34-18-24(29)28(16-8-15-26)20-10-3-2-4-11-20/h2-7,9-14,17,27H,8,16,18H2,1H3. The number of carbonyl (C=O) groups is 2. The second kappa shape index (κ2) is 11.7. The predicted octanol–water partition coefficient (Wildman–Crippen LogP) is 3.60. The first-order chi connectivity index (χ1) is 16.9. The third kappa shape index (κ3) is 6.59. The van der Waals surface area contributed by atoms with Gasteiger partial charge in [-0.2, -0.15) is 5.26 Å². The third-order valence-corrected chi connectivity index (χ3v) is 6.24. The number of ether oxygens (including phenoxy) is 2. The Kier molecular flexibility index (Phi) is 8.43. The maximum absolute atomic E-state index is 12.9. The molecule has 1 amide bonds. The Hall–Kier alpha value is -4.36. The minimum atomic E-state index is -4.04. The van der Waals surface area contributed by atoms with Crippen LogP contribution < -0.4 is 14.4 Å². The Morgan fingerprint density at radius 1 is 1.00 bits per heavy atom. The zero-order valence-electron chi connectivity index (χ0n) is 18.9. The van der Waals surface area contributed by atoms with E-state index in [9.17, 15) is 18.0 Å². The Morgan fingerprint density at radius 2 is 1.71 bits per heavy atom. The first-order valence-electron chi connectivity index (χ1n) is 10.5. The molecule has 0 bridgehead atoms. The fourth-order valence-corrected chi connectivity index (χ4v) is 4.29. The molecule has 0 heterocycles. The summed E-state index contributed by atoms with van der Waals surface area (Å²) in [6.07, 6.45) is 0.105. The highest BCUT2D eigenvalue weighted by Crippen LogP contribution is 2.26. The number of para-hydroxylation sites is 3. The summed E-state index contributed by atoms with van der Waals surface area (Å²) < 4.78 is 38.4. The summed E-state index contributed by atoms with van der Waals surface area (Å²) in [7, 11) is -2.62. The van der Waals surface area contributed by atoms with Crippen LogP contribution in [0.25, 0.3) is 0 Å². The van der Waals surface area contributed by atoms with E-state index >= 15 is 0 Å². The summed E-state index contributed by atoms with van der Waals surface area (Å²) in [6, 6.07) is 22.5. The van der Waals surface area contributed by atoms with Crippen LogP contribution in [-0.4, -0.2) is 40.6 Å². The van der Waals surface area contributed by atoms with E-state index in [0.29, 0.717) is 11.4 Å². The van der Waals surface area contributed by atoms with Crippen molar-refractivity contribution in [2.75, 3.05) is 29.9 Å². The Labute approximate surface area is 203 Å². The SMILES string of the molecule is COc1ccccc1NS(=O)(=O)c1cccc(C(=O)OCC(=O)N(CCC#N)c2ccccc2)c1. The highest BCUT2D eigenvalue weighted by Gasteiger charge is 2.21. The molecule has 35 heavy (non-hydrogen) atoms. The van der Waals surface area contributed by atoms with Gasteiger partial charge >= 0.3 is 5.97 Å². The molecule has 0 atom stereocenters. The summed E-state index contributed by atoms with van der Waals surface area (Å²) in [5, 5.41) is 8.89. The number of nitriles is 1. The molecule has 1 N–H and O–H groups in total. The molecule has 0 saturated carbocycles. The molecule has 0 aliphatic heterocycles. The number of hydrogen-bond acceptors (Lipinski definition) is 7. The van der Waals surface area contributed by atoms with Crippen LogP contribution in [0.5, 0.6) is 5.75 Å². The number of rotatable bonds is 10. The van der Waals surface area contributed by atoms with E-state index in [1.54, 1.807) is 54.6 Å². The van der Waals surface area contributed by atoms with Gasteiger partial charge in [-0.05, 0) is 42.5 Å². The predicted molar refractivity (Wildman–Crippen MR) is 130 cm³/mol. The van der Waals surface area contributed by atoms with Crippen molar-refractivity contribution < 1.29 is 27.5 Å². The van der Waals surface area contributed by atoms with Crippen LogP contribution in [-0.2, 0) is 19.6 Å². The van der Waals surface area contributed by atoms with Crippen molar-refractivity contribution >= 4 is 33.3 Å². The van der Waals surface area contributed by atoms with Crippen LogP contribution >= 0.6 is 0 Å². The summed E-state index contributed by atoms with van der Waals surface area (Å²) in [5.74, 6) is -1.04. The molecule has 3 aromatic rings. The second-order valence-corrected chi connectivity index (χ2v) is 8.88. The topological polar surface area (TPSA) is 126 Å². The summed E-state index contributed by atoms with van der Waals surface area (Å²) in [4.78, 5) is 26.5. The van der Waals surface area contributed by atoms with Gasteiger partial charge in [0.15, 0.2) is 6.61 Å². The third-order valence-electron chi connectivity index (χ3n) is 4.87. The lowest BCUT2D eigenvalue weighted by atomic mass is 10.2. The molecule has 0 aliphatic carbocycles. The second-order valence-electron chi connectivity index (χ2n) is 7.20. The zero-order chi connectivity index (χ0) is 25.3. The average molecular weight is 494 g/mol. The molecule has 9 nitrogen and oxygen atoms in total. The normalized spacial score (nSPS) is 10.6. The maximum atomic E-state index is 12.9. The molecule has 0 radical (unpaired) electrons. The highest BCUT2D eigenvalue weighted by molar-refractivity contribution is 7.92. The quantitative estimate of drug-likeness (QED) is 0.428. The van der Waals surface area contributed by atoms with Crippen molar-refractivity contribution in [3.63, 3.8) is 0 Å². The number of benzene rings is 3. The van der Waals surface area contributed by atoms with Crippen molar-refractivity contribution in [3.8, 4) is 11.8 Å². The van der Waals surface area contributed by atoms with E-state index in [0.717, 1.165) is 6.07 Å². The largest absolute Gasteiger partial charge is 0.495 e. The van der Waals surface area contributed by atoms with Gasteiger partial charge in [-0.3, -0.25) is 9.52 Å². The summed E-state index contributed by atoms with van der Waals surface area (Å²) in [5.41, 5.74) is 0.773. The lowest BCUT2D eigenvalue weighted by Gasteiger charge is -2.21. The van der Waals surface area contributed by atoms with Gasteiger partial charge in [-0.1, -0.05) is 36.4 Å². The molecule has 3 rings (SSSR count). The number of esters is 1. The number of amides is 1. The van der Waals surface area contributed by atoms with Crippen LogP contribution in [0.3, 0.4) is 0 Å². The minimum absolute atomic E-state index is 0.0380. The van der Waals surface area contributed by atoms with Crippen molar-refractivity contribution in [3.05, 3.63) is 84.4 Å². The molecular formula is C25H23N3O6S. The molecule has 0 unspecified atom stereocenters. The van der Waals surface area contributed by atoms with E-state index in [2.05, 4.69) is 4.72 Å². The van der Waals surface area contributed by atoms with Gasteiger partial charge in [-0.25, -0.2) is 13.2 Å². The van der Waals surface area contributed by atoms with Crippen LogP contribution in [0.2, 0.25) is 0 Å². The molecule has 3 aromatic carbocycles. The first-order valence-corrected chi connectivity index (χ1v) is 12.0. The fourth-order valence-electron chi connectivity index (χ4n) is 3.18. The molecule has 0 aliphatic rings. The molecular weight excluding hydrogens is 470 g/mol. The highest BCUT2D eigenvalue weighted by atomic mass is 32.2. The number of sulfonamides is 1. The van der Waals surface area contributed by atoms with Gasteiger partial charge in [0.05, 0.1) is 35.7 Å². The van der Waals surface area contributed by atoms with Gasteiger partial charge in [0.1, 0.15) is 5.75 Å². The van der Waals surface area contributed by atoms with Crippen LogP contribution in [0.15, 0.2) is 83.8 Å². The van der Waals surface area contributed by atoms with Gasteiger partial charge < -0.3 is 14.4 Å². The molecule has 0 fully saturated rings. The van der Waals surface area contributed by atoms with E-state index in [4.69, 9.17) is 14.7 Å². The summed E-state index contributed by atoms with van der Waals surface area (Å²) in [6.45, 7) is -0.436. The van der Waals surface area contributed by atoms with E-state index in [1.807, 2.05) is 6.07 Å². The number of nitrogens with zero attached hydrogens (tertiary/aromatic N) is 2. The Balaban J connectivity index is 1.71. The first kappa shape index (κ1) is 25.3. The van der Waals surface area contributed by atoms with Crippen LogP contribution in [0.4, 0.5) is 11.4 Å². The van der Waals surface area contributed by atoms with Gasteiger partial charge in [0.2, 0.25) is 0 Å². The van der Waals surface area contributed by atoms with Crippen molar-refractivity contribution in [1.29, 1.82) is 5.26 Å². The molecule has 180 valence electrons. The zero-order valence-corrected chi connectivity index (χ0v) is 19.7. The van der Waals surface area contributed by atoms with Gasteiger partial charge in [0, 0.05) is 12.2 Å². The van der Waals surface area contributed by atoms with E-state index < -0.39 is 28.5 Å². The molecule has 10 heteroatoms. The Bertz CT molecular complexity index is 1340. The number of anilines is 2. The molecule has 0 saturated heterocycles. The maximum Gasteiger partial charge on any atom is 0.338 e. The lowest BCUT2D eigenvalue weighted by molar-refractivity contribution is -0.121. The molecule has 0 spiro atoms. The van der Waals surface area contributed by atoms with Gasteiger partial charge in [0.25, 0.3) is 15.9 Å². The number of carbonyl (C=O) groups excluding carboxylic acids is 2. The summed E-state index contributed by atoms with van der Waals surface area (Å²) >= 11 is 0. The van der Waals surface area contributed by atoms with Crippen molar-refractivity contribution in [1.82, 2.24) is 0 Å². The van der Waals surface area contributed by atoms with E-state index in [1.165, 1.54) is 30.2 Å². The van der Waals surface area contributed by atoms with Crippen molar-refractivity contribution in [2.45, 2.75) is 11.3 Å². The minimum Gasteiger partial charge on any atom is -0.495 e. The van der Waals surface area contributed by atoms with Crippen LogP contribution in [0, 0.1) is 11.3 Å². The molecule has 0 aromatic heterocycles. The van der Waals surface area contributed by atoms with E-state index in [-0.39, 0.29) is 29.1 Å². The van der Waals surface area contributed by atoms with Crippen LogP contribution in [0.1, 0.15) is 16.8 Å². The van der Waals surface area contributed by atoms with Crippen molar-refractivity contribution in [2.24, 2.45) is 0 Å².